The highest BCUT2D eigenvalue weighted by molar-refractivity contribution is 5.95. The highest BCUT2D eigenvalue weighted by Gasteiger charge is 2.14. The lowest BCUT2D eigenvalue weighted by Crippen LogP contribution is -2.09. The van der Waals surface area contributed by atoms with Crippen LogP contribution >= 0.6 is 0 Å². The van der Waals surface area contributed by atoms with Gasteiger partial charge in [0.25, 0.3) is 0 Å². The number of aryl methyl sites for hydroxylation is 2. The second-order valence-corrected chi connectivity index (χ2v) is 5.81. The number of aromatic nitrogens is 4. The number of anilines is 4. The number of hydrogen-bond donors (Lipinski definition) is 2. The second-order valence-electron chi connectivity index (χ2n) is 5.81. The molecule has 0 aliphatic carbocycles. The highest BCUT2D eigenvalue weighted by atomic mass is 16.5. The molecule has 0 fully saturated rings. The normalized spacial score (nSPS) is 10.3. The average Bonchev–Trinajstić information content (AvgIpc) is 2.63. The van der Waals surface area contributed by atoms with Crippen molar-refractivity contribution in [2.24, 2.45) is 0 Å². The van der Waals surface area contributed by atoms with E-state index in [1.165, 1.54) is 12.5 Å². The van der Waals surface area contributed by atoms with Gasteiger partial charge in [0.15, 0.2) is 0 Å². The van der Waals surface area contributed by atoms with Crippen LogP contribution in [0.1, 0.15) is 28.7 Å². The van der Waals surface area contributed by atoms with Gasteiger partial charge >= 0.3 is 5.97 Å². The van der Waals surface area contributed by atoms with E-state index < -0.39 is 5.97 Å². The van der Waals surface area contributed by atoms with Crippen LogP contribution in [0.15, 0.2) is 42.9 Å². The van der Waals surface area contributed by atoms with Crippen molar-refractivity contribution in [1.82, 2.24) is 19.9 Å². The molecular formula is C19H20N6O2. The van der Waals surface area contributed by atoms with Gasteiger partial charge in [-0.3, -0.25) is 0 Å². The Morgan fingerprint density at radius 2 is 1.67 bits per heavy atom. The van der Waals surface area contributed by atoms with Crippen molar-refractivity contribution in [3.8, 4) is 0 Å². The predicted octanol–water partition coefficient (Wildman–Crippen LogP) is 3.55. The summed E-state index contributed by atoms with van der Waals surface area (Å²) in [7, 11) is 0. The number of nitrogens with zero attached hydrogens (tertiary/aromatic N) is 4. The Balaban J connectivity index is 1.74. The van der Waals surface area contributed by atoms with Gasteiger partial charge in [-0.05, 0) is 51.1 Å². The lowest BCUT2D eigenvalue weighted by Gasteiger charge is -2.11. The third kappa shape index (κ3) is 4.75. The summed E-state index contributed by atoms with van der Waals surface area (Å²) in [5, 5.41) is 6.28. The van der Waals surface area contributed by atoms with Crippen LogP contribution < -0.4 is 10.6 Å². The van der Waals surface area contributed by atoms with Crippen molar-refractivity contribution < 1.29 is 9.53 Å². The van der Waals surface area contributed by atoms with Crippen LogP contribution in [0.5, 0.6) is 0 Å². The molecule has 0 saturated heterocycles. The lowest BCUT2D eigenvalue weighted by atomic mass is 10.2. The molecule has 2 heterocycles. The second kappa shape index (κ2) is 8.22. The fraction of sp³-hybridized carbons (Fsp3) is 0.211. The van der Waals surface area contributed by atoms with Crippen molar-refractivity contribution in [3.63, 3.8) is 0 Å². The third-order valence-electron chi connectivity index (χ3n) is 3.59. The van der Waals surface area contributed by atoms with Crippen LogP contribution in [0, 0.1) is 13.8 Å². The molecule has 8 nitrogen and oxygen atoms in total. The maximum absolute atomic E-state index is 12.0. The molecule has 0 aliphatic heterocycles. The summed E-state index contributed by atoms with van der Waals surface area (Å²) in [5.74, 6) is 0.473. The maximum atomic E-state index is 12.0. The van der Waals surface area contributed by atoms with E-state index in [0.717, 1.165) is 22.8 Å². The van der Waals surface area contributed by atoms with Crippen molar-refractivity contribution in [2.45, 2.75) is 20.8 Å². The Morgan fingerprint density at radius 3 is 2.30 bits per heavy atom. The molecule has 0 spiro atoms. The molecule has 0 radical (unpaired) electrons. The van der Waals surface area contributed by atoms with E-state index in [1.54, 1.807) is 6.92 Å². The van der Waals surface area contributed by atoms with E-state index in [2.05, 4.69) is 30.6 Å². The number of carbonyl (C=O) groups is 1. The number of nitrogens with one attached hydrogen (secondary N) is 2. The minimum Gasteiger partial charge on any atom is -0.462 e. The SMILES string of the molecule is CCOC(=O)c1cncnc1Nc1ccc(Nc2nc(C)cc(C)n2)cc1. The van der Waals surface area contributed by atoms with E-state index in [1.807, 2.05) is 44.2 Å². The monoisotopic (exact) mass is 364 g/mol. The van der Waals surface area contributed by atoms with Crippen LogP contribution in [-0.2, 0) is 4.74 Å². The van der Waals surface area contributed by atoms with Gasteiger partial charge in [0.1, 0.15) is 17.7 Å². The van der Waals surface area contributed by atoms with E-state index >= 15 is 0 Å². The van der Waals surface area contributed by atoms with Gasteiger partial charge in [-0.25, -0.2) is 24.7 Å². The number of ether oxygens (including phenoxy) is 1. The molecule has 2 aromatic heterocycles. The summed E-state index contributed by atoms with van der Waals surface area (Å²) in [4.78, 5) is 28.7. The fourth-order valence-corrected chi connectivity index (χ4v) is 2.47. The minimum atomic E-state index is -0.467. The van der Waals surface area contributed by atoms with Crippen LogP contribution in [0.25, 0.3) is 0 Å². The Labute approximate surface area is 157 Å². The minimum absolute atomic E-state index is 0.283. The molecule has 27 heavy (non-hydrogen) atoms. The zero-order valence-electron chi connectivity index (χ0n) is 15.4. The van der Waals surface area contributed by atoms with Crippen LogP contribution in [-0.4, -0.2) is 32.5 Å². The first-order valence-corrected chi connectivity index (χ1v) is 8.48. The quantitative estimate of drug-likeness (QED) is 0.640. The van der Waals surface area contributed by atoms with E-state index in [9.17, 15) is 4.79 Å². The van der Waals surface area contributed by atoms with Gasteiger partial charge in [-0.2, -0.15) is 0 Å². The number of rotatable bonds is 6. The van der Waals surface area contributed by atoms with Crippen molar-refractivity contribution in [1.29, 1.82) is 0 Å². The number of hydrogen-bond acceptors (Lipinski definition) is 8. The molecule has 1 aromatic carbocycles. The number of benzene rings is 1. The van der Waals surface area contributed by atoms with E-state index in [4.69, 9.17) is 4.74 Å². The molecule has 0 atom stereocenters. The zero-order valence-corrected chi connectivity index (χ0v) is 15.4. The topological polar surface area (TPSA) is 102 Å². The fourth-order valence-electron chi connectivity index (χ4n) is 2.47. The molecule has 0 amide bonds. The van der Waals surface area contributed by atoms with Crippen molar-refractivity contribution >= 4 is 29.1 Å². The van der Waals surface area contributed by atoms with Crippen LogP contribution in [0.3, 0.4) is 0 Å². The Kier molecular flexibility index (Phi) is 5.55. The molecule has 3 rings (SSSR count). The van der Waals surface area contributed by atoms with Gasteiger partial charge in [0.05, 0.1) is 6.61 Å². The largest absolute Gasteiger partial charge is 0.462 e. The first-order chi connectivity index (χ1) is 13.0. The molecule has 0 bridgehead atoms. The van der Waals surface area contributed by atoms with Crippen LogP contribution in [0.4, 0.5) is 23.1 Å². The Morgan fingerprint density at radius 1 is 1.04 bits per heavy atom. The number of carbonyl (C=O) groups excluding carboxylic acids is 1. The lowest BCUT2D eigenvalue weighted by molar-refractivity contribution is 0.0526. The molecule has 0 saturated carbocycles. The van der Waals surface area contributed by atoms with Gasteiger partial charge in [-0.1, -0.05) is 0 Å². The highest BCUT2D eigenvalue weighted by Crippen LogP contribution is 2.21. The summed E-state index contributed by atoms with van der Waals surface area (Å²) in [6.07, 6.45) is 2.80. The summed E-state index contributed by atoms with van der Waals surface area (Å²) in [6.45, 7) is 5.89. The molecule has 2 N–H and O–H groups in total. The summed E-state index contributed by atoms with van der Waals surface area (Å²) < 4.78 is 5.03. The van der Waals surface area contributed by atoms with Gasteiger partial charge in [0, 0.05) is 29.0 Å². The zero-order chi connectivity index (χ0) is 19.2. The molecular weight excluding hydrogens is 344 g/mol. The van der Waals surface area contributed by atoms with Crippen molar-refractivity contribution in [2.75, 3.05) is 17.2 Å². The summed E-state index contributed by atoms with van der Waals surface area (Å²) in [5.41, 5.74) is 3.70. The molecule has 8 heteroatoms. The predicted molar refractivity (Wildman–Crippen MR) is 103 cm³/mol. The Hall–Kier alpha value is -3.55. The van der Waals surface area contributed by atoms with E-state index in [0.29, 0.717) is 11.8 Å². The maximum Gasteiger partial charge on any atom is 0.343 e. The van der Waals surface area contributed by atoms with Crippen LogP contribution in [0.2, 0.25) is 0 Å². The first-order valence-electron chi connectivity index (χ1n) is 8.48. The molecule has 3 aromatic rings. The van der Waals surface area contributed by atoms with E-state index in [-0.39, 0.29) is 12.2 Å². The Bertz CT molecular complexity index is 923. The molecule has 0 unspecified atom stereocenters. The summed E-state index contributed by atoms with van der Waals surface area (Å²) in [6, 6.07) is 9.41. The average molecular weight is 364 g/mol. The molecule has 0 aliphatic rings. The van der Waals surface area contributed by atoms with Gasteiger partial charge in [0.2, 0.25) is 5.95 Å². The smallest absolute Gasteiger partial charge is 0.343 e. The van der Waals surface area contributed by atoms with Crippen molar-refractivity contribution in [3.05, 3.63) is 59.8 Å². The standard InChI is InChI=1S/C19H20N6O2/c1-4-27-18(26)16-10-20-11-21-17(16)24-14-5-7-15(8-6-14)25-19-22-12(2)9-13(3)23-19/h5-11H,4H2,1-3H3,(H,20,21,24)(H,22,23,25). The van der Waals surface area contributed by atoms with Gasteiger partial charge in [-0.15, -0.1) is 0 Å². The van der Waals surface area contributed by atoms with Gasteiger partial charge < -0.3 is 15.4 Å². The first kappa shape index (κ1) is 18.2. The summed E-state index contributed by atoms with van der Waals surface area (Å²) >= 11 is 0. The molecule has 138 valence electrons. The third-order valence-corrected chi connectivity index (χ3v) is 3.59. The number of esters is 1.